The summed E-state index contributed by atoms with van der Waals surface area (Å²) in [6.07, 6.45) is 0.886. The Balaban J connectivity index is 1.79. The zero-order chi connectivity index (χ0) is 28.6. The van der Waals surface area contributed by atoms with Crippen LogP contribution in [0, 0.1) is 11.3 Å². The maximum Gasteiger partial charge on any atom is 0.308 e. The van der Waals surface area contributed by atoms with E-state index < -0.39 is 5.41 Å². The van der Waals surface area contributed by atoms with Gasteiger partial charge in [-0.2, -0.15) is 0 Å². The minimum absolute atomic E-state index is 0.00664. The molecule has 2 aliphatic rings. The average molecular weight is 553 g/mol. The van der Waals surface area contributed by atoms with Gasteiger partial charge in [-0.3, -0.25) is 4.79 Å². The summed E-state index contributed by atoms with van der Waals surface area (Å²) in [7, 11) is 8.08. The van der Waals surface area contributed by atoms with Crippen LogP contribution < -0.4 is 4.74 Å². The average Bonchev–Trinajstić information content (AvgIpc) is 2.95. The summed E-state index contributed by atoms with van der Waals surface area (Å²) >= 11 is 0. The van der Waals surface area contributed by atoms with Crippen LogP contribution in [0.5, 0.6) is 5.75 Å². The van der Waals surface area contributed by atoms with Gasteiger partial charge in [0.15, 0.2) is 0 Å². The Morgan fingerprint density at radius 1 is 1.03 bits per heavy atom. The highest BCUT2D eigenvalue weighted by Crippen LogP contribution is 2.48. The Hall–Kier alpha value is -1.75. The van der Waals surface area contributed by atoms with Crippen molar-refractivity contribution >= 4 is 5.97 Å². The summed E-state index contributed by atoms with van der Waals surface area (Å²) in [4.78, 5) is 12.4. The monoisotopic (exact) mass is 552 g/mol. The minimum atomic E-state index is -0.393. The molecule has 9 nitrogen and oxygen atoms in total. The first kappa shape index (κ1) is 31.8. The Kier molecular flexibility index (Phi) is 12.0. The topological polar surface area (TPSA) is 90.9 Å². The third-order valence-electron chi connectivity index (χ3n) is 8.58. The van der Waals surface area contributed by atoms with E-state index in [4.69, 9.17) is 37.9 Å². The Labute approximate surface area is 233 Å². The summed E-state index contributed by atoms with van der Waals surface area (Å²) in [6.45, 7) is 7.30. The van der Waals surface area contributed by atoms with Gasteiger partial charge in [-0.1, -0.05) is 32.9 Å². The van der Waals surface area contributed by atoms with Crippen molar-refractivity contribution in [2.45, 2.75) is 95.8 Å². The fraction of sp³-hybridized carbons (Fsp3) is 0.767. The van der Waals surface area contributed by atoms with Crippen LogP contribution in [0.1, 0.15) is 52.0 Å². The molecule has 2 saturated heterocycles. The molecule has 2 fully saturated rings. The second-order valence-electron chi connectivity index (χ2n) is 11.1. The molecule has 222 valence electrons. The van der Waals surface area contributed by atoms with E-state index in [1.807, 2.05) is 24.3 Å². The van der Waals surface area contributed by atoms with E-state index in [2.05, 4.69) is 20.8 Å². The number of carbonyl (C=O) groups excluding carboxylic acids is 1. The van der Waals surface area contributed by atoms with E-state index >= 15 is 0 Å². The fourth-order valence-corrected chi connectivity index (χ4v) is 6.02. The molecule has 0 saturated carbocycles. The van der Waals surface area contributed by atoms with Gasteiger partial charge < -0.3 is 37.9 Å². The molecule has 0 aromatic heterocycles. The minimum Gasteiger partial charge on any atom is -0.497 e. The van der Waals surface area contributed by atoms with Crippen LogP contribution in [-0.2, 0) is 44.6 Å². The van der Waals surface area contributed by atoms with Crippen molar-refractivity contribution < 1.29 is 42.7 Å². The molecule has 2 aliphatic heterocycles. The highest BCUT2D eigenvalue weighted by atomic mass is 16.6. The van der Waals surface area contributed by atoms with Gasteiger partial charge in [0.1, 0.15) is 24.1 Å². The third-order valence-corrected chi connectivity index (χ3v) is 8.58. The van der Waals surface area contributed by atoms with Gasteiger partial charge in [0.25, 0.3) is 0 Å². The van der Waals surface area contributed by atoms with Gasteiger partial charge in [-0.15, -0.1) is 0 Å². The number of rotatable bonds is 13. The molecule has 0 spiro atoms. The van der Waals surface area contributed by atoms with Gasteiger partial charge >= 0.3 is 5.97 Å². The van der Waals surface area contributed by atoms with Crippen LogP contribution in [0.2, 0.25) is 0 Å². The lowest BCUT2D eigenvalue weighted by atomic mass is 9.64. The SMILES string of the molecule is CC[C@H](C[C@@H]1C[C@H]([C@@H]2OC[C@@H](OC)[C@H](OC)[C@H]2OC)C(C)(C)[C@H](CC(=O)OC)O1)OCc1ccc(OC)cc1. The van der Waals surface area contributed by atoms with E-state index in [1.165, 1.54) is 7.11 Å². The van der Waals surface area contributed by atoms with Crippen LogP contribution in [0.25, 0.3) is 0 Å². The third kappa shape index (κ3) is 7.71. The molecule has 8 atom stereocenters. The summed E-state index contributed by atoms with van der Waals surface area (Å²) < 4.78 is 47.1. The summed E-state index contributed by atoms with van der Waals surface area (Å²) in [6, 6.07) is 7.90. The van der Waals surface area contributed by atoms with Gasteiger partial charge in [-0.25, -0.2) is 0 Å². The van der Waals surface area contributed by atoms with Crippen LogP contribution in [0.15, 0.2) is 24.3 Å². The maximum absolute atomic E-state index is 12.4. The molecule has 9 heteroatoms. The Bertz CT molecular complexity index is 874. The fourth-order valence-electron chi connectivity index (χ4n) is 6.02. The maximum atomic E-state index is 12.4. The molecule has 0 aliphatic carbocycles. The first-order valence-corrected chi connectivity index (χ1v) is 13.9. The zero-order valence-corrected chi connectivity index (χ0v) is 24.8. The molecule has 1 aromatic rings. The first-order valence-electron chi connectivity index (χ1n) is 13.9. The van der Waals surface area contributed by atoms with Crippen molar-refractivity contribution in [2.75, 3.05) is 42.2 Å². The predicted molar refractivity (Wildman–Crippen MR) is 146 cm³/mol. The summed E-state index contributed by atoms with van der Waals surface area (Å²) in [5.41, 5.74) is 0.689. The molecule has 0 N–H and O–H groups in total. The van der Waals surface area contributed by atoms with Gasteiger partial charge in [-0.05, 0) is 48.3 Å². The molecule has 39 heavy (non-hydrogen) atoms. The number of ether oxygens (including phenoxy) is 8. The number of benzene rings is 1. The normalized spacial score (nSPS) is 31.4. The molecule has 1 aromatic carbocycles. The number of methoxy groups -OCH3 is 5. The van der Waals surface area contributed by atoms with Crippen molar-refractivity contribution in [1.29, 1.82) is 0 Å². The van der Waals surface area contributed by atoms with Crippen LogP contribution in [0.3, 0.4) is 0 Å². The van der Waals surface area contributed by atoms with E-state index in [-0.39, 0.29) is 61.0 Å². The highest BCUT2D eigenvalue weighted by molar-refractivity contribution is 5.69. The summed E-state index contributed by atoms with van der Waals surface area (Å²) in [5.74, 6) is 0.557. The molecular formula is C30H48O9. The second kappa shape index (κ2) is 14.8. The number of hydrogen-bond acceptors (Lipinski definition) is 9. The van der Waals surface area contributed by atoms with E-state index in [0.29, 0.717) is 19.6 Å². The molecule has 0 amide bonds. The van der Waals surface area contributed by atoms with Gasteiger partial charge in [0, 0.05) is 21.3 Å². The first-order chi connectivity index (χ1) is 18.7. The van der Waals surface area contributed by atoms with Crippen molar-refractivity contribution in [3.8, 4) is 5.75 Å². The smallest absolute Gasteiger partial charge is 0.308 e. The molecule has 0 bridgehead atoms. The van der Waals surface area contributed by atoms with Crippen molar-refractivity contribution in [1.82, 2.24) is 0 Å². The number of hydrogen-bond donors (Lipinski definition) is 0. The number of carbonyl (C=O) groups is 1. The second-order valence-corrected chi connectivity index (χ2v) is 11.1. The van der Waals surface area contributed by atoms with Crippen LogP contribution in [0.4, 0.5) is 0 Å². The van der Waals surface area contributed by atoms with E-state index in [9.17, 15) is 4.79 Å². The lowest BCUT2D eigenvalue weighted by molar-refractivity contribution is -0.257. The Morgan fingerprint density at radius 2 is 1.72 bits per heavy atom. The van der Waals surface area contributed by atoms with E-state index in [1.54, 1.807) is 28.4 Å². The zero-order valence-electron chi connectivity index (χ0n) is 24.8. The van der Waals surface area contributed by atoms with Crippen LogP contribution in [-0.4, -0.2) is 90.9 Å². The van der Waals surface area contributed by atoms with Crippen molar-refractivity contribution in [2.24, 2.45) is 11.3 Å². The summed E-state index contributed by atoms with van der Waals surface area (Å²) in [5, 5.41) is 0. The Morgan fingerprint density at radius 3 is 2.28 bits per heavy atom. The standard InChI is InChI=1S/C30H48O9/c1-9-20(37-17-19-10-12-21(32-4)13-11-19)14-22-15-23(30(2,3)25(39-22)16-26(31)34-6)27-29(36-8)28(35-7)24(33-5)18-38-27/h10-13,20,22-25,27-29H,9,14-18H2,1-8H3/t20-,22-,23-,24-,25+,27+,28+,29+/m1/s1. The van der Waals surface area contributed by atoms with Gasteiger partial charge in [0.2, 0.25) is 0 Å². The molecule has 3 rings (SSSR count). The lowest BCUT2D eigenvalue weighted by Gasteiger charge is -2.54. The highest BCUT2D eigenvalue weighted by Gasteiger charge is 2.54. The molecule has 0 unspecified atom stereocenters. The molecular weight excluding hydrogens is 504 g/mol. The molecule has 0 radical (unpaired) electrons. The van der Waals surface area contributed by atoms with Gasteiger partial charge in [0.05, 0.1) is 58.3 Å². The largest absolute Gasteiger partial charge is 0.497 e. The number of esters is 1. The van der Waals surface area contributed by atoms with Crippen molar-refractivity contribution in [3.05, 3.63) is 29.8 Å². The molecule has 2 heterocycles. The quantitative estimate of drug-likeness (QED) is 0.334. The van der Waals surface area contributed by atoms with Crippen LogP contribution >= 0.6 is 0 Å². The predicted octanol–water partition coefficient (Wildman–Crippen LogP) is 4.19. The lowest BCUT2D eigenvalue weighted by Crippen LogP contribution is -2.62. The van der Waals surface area contributed by atoms with Crippen molar-refractivity contribution in [3.63, 3.8) is 0 Å². The van der Waals surface area contributed by atoms with E-state index in [0.717, 1.165) is 24.2 Å².